The van der Waals surface area contributed by atoms with Gasteiger partial charge in [0, 0.05) is 12.5 Å². The van der Waals surface area contributed by atoms with Gasteiger partial charge in [0.2, 0.25) is 0 Å². The number of imidazole rings is 1. The number of ether oxygens (including phenoxy) is 2. The molecule has 36 heavy (non-hydrogen) atoms. The first-order valence-electron chi connectivity index (χ1n) is 12.6. The van der Waals surface area contributed by atoms with Crippen molar-refractivity contribution in [3.63, 3.8) is 0 Å². The lowest BCUT2D eigenvalue weighted by Crippen LogP contribution is -2.25. The molecule has 1 aliphatic rings. The Morgan fingerprint density at radius 3 is 2.00 bits per heavy atom. The standard InChI is InChI=1S/C16H20N2O2.C15H13B/c1-2-13(16-19-8-9-20-16)11-18-12-17-10-15(18)14-6-4-3-5-7-14;16-12-11-15(13-7-3-1-4-8-13)14-9-5-2-6-10-14/h3-7,10,12-13,16H,2,8-9,11H2,1H3;1-11H,12H2. The number of hydrogen-bond donors (Lipinski definition) is 0. The third-order valence-corrected chi connectivity index (χ3v) is 6.26. The SMILES string of the molecule is CCC(Cn1cncc1-c1ccccc1)C1OCCO1.[B]CC=C(c1ccccc1)c1ccccc1. The fraction of sp³-hybridized carbons (Fsp3) is 0.258. The van der Waals surface area contributed by atoms with E-state index in [0.717, 1.165) is 18.7 Å². The van der Waals surface area contributed by atoms with Gasteiger partial charge in [-0.15, -0.1) is 0 Å². The number of benzene rings is 3. The van der Waals surface area contributed by atoms with Gasteiger partial charge in [-0.2, -0.15) is 0 Å². The molecule has 182 valence electrons. The summed E-state index contributed by atoms with van der Waals surface area (Å²) < 4.78 is 13.5. The van der Waals surface area contributed by atoms with Gasteiger partial charge in [-0.05, 0) is 28.7 Å². The summed E-state index contributed by atoms with van der Waals surface area (Å²) in [6, 6.07) is 31.0. The van der Waals surface area contributed by atoms with Gasteiger partial charge in [-0.25, -0.2) is 4.98 Å². The Balaban J connectivity index is 0.000000174. The van der Waals surface area contributed by atoms with E-state index in [4.69, 9.17) is 17.3 Å². The molecule has 1 aromatic heterocycles. The summed E-state index contributed by atoms with van der Waals surface area (Å²) in [5, 5.41) is 0. The fourth-order valence-electron chi connectivity index (χ4n) is 4.38. The van der Waals surface area contributed by atoms with Crippen LogP contribution in [0.5, 0.6) is 0 Å². The van der Waals surface area contributed by atoms with Crippen LogP contribution in [0.3, 0.4) is 0 Å². The lowest BCUT2D eigenvalue weighted by molar-refractivity contribution is -0.0883. The minimum Gasteiger partial charge on any atom is -0.350 e. The van der Waals surface area contributed by atoms with Gasteiger partial charge in [-0.3, -0.25) is 0 Å². The Bertz CT molecular complexity index is 1150. The van der Waals surface area contributed by atoms with Crippen molar-refractivity contribution in [2.45, 2.75) is 32.5 Å². The molecule has 5 heteroatoms. The average molecular weight is 476 g/mol. The Labute approximate surface area is 216 Å². The number of rotatable bonds is 8. The van der Waals surface area contributed by atoms with E-state index in [1.54, 1.807) is 0 Å². The Morgan fingerprint density at radius 1 is 0.917 bits per heavy atom. The Kier molecular flexibility index (Phi) is 9.72. The van der Waals surface area contributed by atoms with Gasteiger partial charge < -0.3 is 14.0 Å². The zero-order chi connectivity index (χ0) is 25.0. The molecule has 4 nitrogen and oxygen atoms in total. The molecule has 3 aromatic carbocycles. The second-order valence-electron chi connectivity index (χ2n) is 8.66. The average Bonchev–Trinajstić information content (AvgIpc) is 3.65. The number of aromatic nitrogens is 2. The molecule has 2 heterocycles. The van der Waals surface area contributed by atoms with E-state index in [1.807, 2.05) is 67.1 Å². The van der Waals surface area contributed by atoms with E-state index >= 15 is 0 Å². The van der Waals surface area contributed by atoms with Crippen LogP contribution in [0.15, 0.2) is 110 Å². The van der Waals surface area contributed by atoms with Crippen LogP contribution in [-0.4, -0.2) is 36.9 Å². The second kappa shape index (κ2) is 13.6. The lowest BCUT2D eigenvalue weighted by atomic mass is 9.93. The molecule has 0 spiro atoms. The summed E-state index contributed by atoms with van der Waals surface area (Å²) in [7, 11) is 5.63. The highest BCUT2D eigenvalue weighted by Gasteiger charge is 2.26. The molecule has 1 unspecified atom stereocenters. The van der Waals surface area contributed by atoms with Gasteiger partial charge in [0.05, 0.1) is 39.3 Å². The van der Waals surface area contributed by atoms with Crippen LogP contribution >= 0.6 is 0 Å². The van der Waals surface area contributed by atoms with E-state index in [1.165, 1.54) is 22.3 Å². The van der Waals surface area contributed by atoms with Crippen molar-refractivity contribution in [1.82, 2.24) is 9.55 Å². The number of hydrogen-bond acceptors (Lipinski definition) is 3. The van der Waals surface area contributed by atoms with Gasteiger partial charge in [0.1, 0.15) is 0 Å². The van der Waals surface area contributed by atoms with E-state index in [2.05, 4.69) is 58.9 Å². The highest BCUT2D eigenvalue weighted by molar-refractivity contribution is 6.10. The quantitative estimate of drug-likeness (QED) is 0.267. The number of allylic oxidation sites excluding steroid dienone is 1. The first kappa shape index (κ1) is 25.7. The molecule has 5 rings (SSSR count). The zero-order valence-corrected chi connectivity index (χ0v) is 20.9. The molecule has 0 bridgehead atoms. The molecule has 1 atom stereocenters. The molecule has 1 fully saturated rings. The predicted molar refractivity (Wildman–Crippen MR) is 148 cm³/mol. The predicted octanol–water partition coefficient (Wildman–Crippen LogP) is 6.65. The van der Waals surface area contributed by atoms with Crippen LogP contribution in [-0.2, 0) is 16.0 Å². The van der Waals surface area contributed by atoms with Crippen LogP contribution in [0, 0.1) is 5.92 Å². The highest BCUT2D eigenvalue weighted by atomic mass is 16.7. The highest BCUT2D eigenvalue weighted by Crippen LogP contribution is 2.25. The maximum atomic E-state index is 5.64. The van der Waals surface area contributed by atoms with Crippen molar-refractivity contribution < 1.29 is 9.47 Å². The first-order valence-corrected chi connectivity index (χ1v) is 12.6. The zero-order valence-electron chi connectivity index (χ0n) is 20.9. The van der Waals surface area contributed by atoms with Gasteiger partial charge in [0.25, 0.3) is 0 Å². The molecule has 4 aromatic rings. The largest absolute Gasteiger partial charge is 0.350 e. The molecule has 2 radical (unpaired) electrons. The molecular weight excluding hydrogens is 443 g/mol. The third kappa shape index (κ3) is 6.84. The molecular formula is C31H33BN2O2. The van der Waals surface area contributed by atoms with E-state index in [9.17, 15) is 0 Å². The minimum atomic E-state index is -0.0778. The topological polar surface area (TPSA) is 36.3 Å². The summed E-state index contributed by atoms with van der Waals surface area (Å²) in [6.45, 7) is 4.45. The van der Waals surface area contributed by atoms with Crippen LogP contribution < -0.4 is 0 Å². The van der Waals surface area contributed by atoms with Gasteiger partial charge in [0.15, 0.2) is 6.29 Å². The van der Waals surface area contributed by atoms with Crippen LogP contribution in [0.4, 0.5) is 0 Å². The summed E-state index contributed by atoms with van der Waals surface area (Å²) in [4.78, 5) is 4.29. The van der Waals surface area contributed by atoms with Crippen molar-refractivity contribution in [3.05, 3.63) is 121 Å². The van der Waals surface area contributed by atoms with Crippen molar-refractivity contribution in [3.8, 4) is 11.3 Å². The molecule has 0 saturated carbocycles. The normalized spacial score (nSPS) is 14.0. The number of nitrogens with zero attached hydrogens (tertiary/aromatic N) is 2. The third-order valence-electron chi connectivity index (χ3n) is 6.26. The smallest absolute Gasteiger partial charge is 0.162 e. The molecule has 1 saturated heterocycles. The Morgan fingerprint density at radius 2 is 1.47 bits per heavy atom. The minimum absolute atomic E-state index is 0.0778. The monoisotopic (exact) mass is 476 g/mol. The summed E-state index contributed by atoms with van der Waals surface area (Å²) >= 11 is 0. The van der Waals surface area contributed by atoms with E-state index in [-0.39, 0.29) is 6.29 Å². The van der Waals surface area contributed by atoms with Gasteiger partial charge >= 0.3 is 0 Å². The molecule has 0 N–H and O–H groups in total. The van der Waals surface area contributed by atoms with Crippen molar-refractivity contribution in [2.75, 3.05) is 13.2 Å². The molecule has 0 aliphatic carbocycles. The maximum absolute atomic E-state index is 5.64. The molecule has 0 amide bonds. The van der Waals surface area contributed by atoms with Crippen LogP contribution in [0.2, 0.25) is 6.32 Å². The van der Waals surface area contributed by atoms with Crippen LogP contribution in [0.1, 0.15) is 24.5 Å². The van der Waals surface area contributed by atoms with Crippen LogP contribution in [0.25, 0.3) is 16.8 Å². The lowest BCUT2D eigenvalue weighted by Gasteiger charge is -2.22. The van der Waals surface area contributed by atoms with Crippen molar-refractivity contribution >= 4 is 13.4 Å². The molecule has 1 aliphatic heterocycles. The van der Waals surface area contributed by atoms with E-state index in [0.29, 0.717) is 25.5 Å². The first-order chi connectivity index (χ1) is 17.8. The summed E-state index contributed by atoms with van der Waals surface area (Å²) in [5.41, 5.74) is 5.94. The fourth-order valence-corrected chi connectivity index (χ4v) is 4.38. The second-order valence-corrected chi connectivity index (χ2v) is 8.66. The maximum Gasteiger partial charge on any atom is 0.162 e. The van der Waals surface area contributed by atoms with Crippen molar-refractivity contribution in [1.29, 1.82) is 0 Å². The van der Waals surface area contributed by atoms with E-state index < -0.39 is 0 Å². The summed E-state index contributed by atoms with van der Waals surface area (Å²) in [6.07, 6.45) is 7.37. The van der Waals surface area contributed by atoms with Crippen molar-refractivity contribution in [2.24, 2.45) is 5.92 Å². The van der Waals surface area contributed by atoms with Gasteiger partial charge in [-0.1, -0.05) is 110 Å². The summed E-state index contributed by atoms with van der Waals surface area (Å²) in [5.74, 6) is 0.356. The Hall–Kier alpha value is -3.41.